The molecule has 0 aliphatic heterocycles. The van der Waals surface area contributed by atoms with Gasteiger partial charge in [0.2, 0.25) is 0 Å². The molecule has 0 heterocycles. The Morgan fingerprint density at radius 1 is 0.913 bits per heavy atom. The van der Waals surface area contributed by atoms with E-state index in [1.54, 1.807) is 11.8 Å². The number of thioether (sulfide) groups is 1. The Labute approximate surface area is 146 Å². The van der Waals surface area contributed by atoms with E-state index in [0.29, 0.717) is 0 Å². The van der Waals surface area contributed by atoms with Gasteiger partial charge in [-0.15, -0.1) is 24.4 Å². The molecule has 3 heteroatoms. The van der Waals surface area contributed by atoms with Crippen LogP contribution in [0.1, 0.15) is 5.56 Å². The number of benzene rings is 3. The summed E-state index contributed by atoms with van der Waals surface area (Å²) in [7, 11) is 0. The minimum atomic E-state index is 0.981. The smallest absolute Gasteiger partial charge is 0.0765 e. The number of hydrogen-bond acceptors (Lipinski definition) is 3. The molecule has 0 unspecified atom stereocenters. The van der Waals surface area contributed by atoms with E-state index >= 15 is 0 Å². The van der Waals surface area contributed by atoms with Crippen molar-refractivity contribution in [2.45, 2.75) is 9.79 Å². The maximum Gasteiger partial charge on any atom is 0.0765 e. The molecular weight excluding hydrogens is 318 g/mol. The highest BCUT2D eigenvalue weighted by Gasteiger charge is 2.02. The SMILES string of the molecule is CSc1ccccc1N=Cc1cccc(-c2ccccc2S)c1. The third-order valence-electron chi connectivity index (χ3n) is 3.54. The van der Waals surface area contributed by atoms with Gasteiger partial charge in [-0.1, -0.05) is 48.5 Å². The van der Waals surface area contributed by atoms with Crippen LogP contribution in [-0.2, 0) is 0 Å². The van der Waals surface area contributed by atoms with Crippen LogP contribution in [0.3, 0.4) is 0 Å². The van der Waals surface area contributed by atoms with Gasteiger partial charge in [0.25, 0.3) is 0 Å². The van der Waals surface area contributed by atoms with Crippen LogP contribution in [0.15, 0.2) is 87.6 Å². The minimum Gasteiger partial charge on any atom is -0.255 e. The molecule has 0 amide bonds. The quantitative estimate of drug-likeness (QED) is 0.344. The molecule has 0 aromatic heterocycles. The molecule has 0 N–H and O–H groups in total. The van der Waals surface area contributed by atoms with Gasteiger partial charge < -0.3 is 0 Å². The van der Waals surface area contributed by atoms with Crippen LogP contribution in [0.4, 0.5) is 5.69 Å². The van der Waals surface area contributed by atoms with Crippen LogP contribution in [-0.4, -0.2) is 12.5 Å². The van der Waals surface area contributed by atoms with Crippen LogP contribution < -0.4 is 0 Å². The first-order valence-corrected chi connectivity index (χ1v) is 9.00. The Kier molecular flexibility index (Phi) is 5.21. The molecular formula is C20H17NS2. The molecule has 0 saturated carbocycles. The number of hydrogen-bond donors (Lipinski definition) is 1. The van der Waals surface area contributed by atoms with Crippen LogP contribution in [0.25, 0.3) is 11.1 Å². The lowest BCUT2D eigenvalue weighted by Gasteiger charge is -2.06. The Hall–Kier alpha value is -1.97. The third kappa shape index (κ3) is 3.87. The van der Waals surface area contributed by atoms with Gasteiger partial charge in [0, 0.05) is 16.0 Å². The number of rotatable bonds is 4. The van der Waals surface area contributed by atoms with Gasteiger partial charge in [0.1, 0.15) is 0 Å². The second kappa shape index (κ2) is 7.53. The minimum absolute atomic E-state index is 0.981. The maximum atomic E-state index is 4.64. The zero-order chi connectivity index (χ0) is 16.1. The number of thiol groups is 1. The Bertz CT molecular complexity index is 840. The zero-order valence-corrected chi connectivity index (χ0v) is 14.5. The van der Waals surface area contributed by atoms with E-state index in [1.165, 1.54) is 4.90 Å². The molecule has 0 atom stereocenters. The van der Waals surface area contributed by atoms with Crippen molar-refractivity contribution in [3.8, 4) is 11.1 Å². The zero-order valence-electron chi connectivity index (χ0n) is 12.8. The van der Waals surface area contributed by atoms with Crippen LogP contribution in [0.5, 0.6) is 0 Å². The average molecular weight is 335 g/mol. The predicted octanol–water partition coefficient (Wildman–Crippen LogP) is 6.11. The standard InChI is InChI=1S/C20H17NS2/c1-23-20-12-5-3-10-18(20)21-14-15-7-6-8-16(13-15)17-9-2-4-11-19(17)22/h2-14,22H,1H3. The van der Waals surface area contributed by atoms with Crippen LogP contribution in [0, 0.1) is 0 Å². The van der Waals surface area contributed by atoms with Gasteiger partial charge in [-0.3, -0.25) is 4.99 Å². The van der Waals surface area contributed by atoms with Crippen LogP contribution >= 0.6 is 24.4 Å². The van der Waals surface area contributed by atoms with E-state index in [9.17, 15) is 0 Å². The Morgan fingerprint density at radius 3 is 2.52 bits per heavy atom. The molecule has 0 aliphatic carbocycles. The fourth-order valence-electron chi connectivity index (χ4n) is 2.38. The van der Waals surface area contributed by atoms with Crippen molar-refractivity contribution in [3.63, 3.8) is 0 Å². The van der Waals surface area contributed by atoms with Gasteiger partial charge in [0.15, 0.2) is 0 Å². The monoisotopic (exact) mass is 335 g/mol. The molecule has 114 valence electrons. The molecule has 0 radical (unpaired) electrons. The lowest BCUT2D eigenvalue weighted by molar-refractivity contribution is 1.38. The molecule has 3 aromatic rings. The third-order valence-corrected chi connectivity index (χ3v) is 4.71. The molecule has 0 aliphatic rings. The van der Waals surface area contributed by atoms with Crippen molar-refractivity contribution in [3.05, 3.63) is 78.4 Å². The van der Waals surface area contributed by atoms with E-state index in [4.69, 9.17) is 0 Å². The fourth-order valence-corrected chi connectivity index (χ4v) is 3.22. The first kappa shape index (κ1) is 15.9. The second-order valence-electron chi connectivity index (χ2n) is 5.07. The summed E-state index contributed by atoms with van der Waals surface area (Å²) in [5, 5.41) is 0. The van der Waals surface area contributed by atoms with E-state index in [-0.39, 0.29) is 0 Å². The molecule has 0 bridgehead atoms. The summed E-state index contributed by atoms with van der Waals surface area (Å²) in [4.78, 5) is 6.80. The van der Waals surface area contributed by atoms with Crippen molar-refractivity contribution in [1.82, 2.24) is 0 Å². The topological polar surface area (TPSA) is 12.4 Å². The molecule has 3 aromatic carbocycles. The highest BCUT2D eigenvalue weighted by atomic mass is 32.2. The molecule has 1 nitrogen and oxygen atoms in total. The van der Waals surface area contributed by atoms with Crippen molar-refractivity contribution in [1.29, 1.82) is 0 Å². The molecule has 3 rings (SSSR count). The lowest BCUT2D eigenvalue weighted by atomic mass is 10.0. The summed E-state index contributed by atoms with van der Waals surface area (Å²) < 4.78 is 0. The van der Waals surface area contributed by atoms with Gasteiger partial charge >= 0.3 is 0 Å². The molecule has 0 spiro atoms. The number of nitrogens with zero attached hydrogens (tertiary/aromatic N) is 1. The van der Waals surface area contributed by atoms with E-state index in [0.717, 1.165) is 27.3 Å². The Balaban J connectivity index is 1.92. The summed E-state index contributed by atoms with van der Waals surface area (Å²) in [5.74, 6) is 0. The van der Waals surface area contributed by atoms with Crippen molar-refractivity contribution in [2.24, 2.45) is 4.99 Å². The van der Waals surface area contributed by atoms with Crippen molar-refractivity contribution < 1.29 is 0 Å². The van der Waals surface area contributed by atoms with Crippen molar-refractivity contribution in [2.75, 3.05) is 6.26 Å². The van der Waals surface area contributed by atoms with E-state index in [2.05, 4.69) is 60.3 Å². The average Bonchev–Trinajstić information content (AvgIpc) is 2.61. The fraction of sp³-hybridized carbons (Fsp3) is 0.0500. The van der Waals surface area contributed by atoms with Gasteiger partial charge in [0.05, 0.1) is 5.69 Å². The highest BCUT2D eigenvalue weighted by molar-refractivity contribution is 7.98. The first-order valence-electron chi connectivity index (χ1n) is 7.33. The number of para-hydroxylation sites is 1. The van der Waals surface area contributed by atoms with Gasteiger partial charge in [-0.25, -0.2) is 0 Å². The molecule has 0 saturated heterocycles. The summed E-state index contributed by atoms with van der Waals surface area (Å²) >= 11 is 6.25. The van der Waals surface area contributed by atoms with E-state index < -0.39 is 0 Å². The lowest BCUT2D eigenvalue weighted by Crippen LogP contribution is -1.85. The maximum absolute atomic E-state index is 4.64. The van der Waals surface area contributed by atoms with E-state index in [1.807, 2.05) is 42.6 Å². The normalized spacial score (nSPS) is 11.0. The van der Waals surface area contributed by atoms with Crippen LogP contribution in [0.2, 0.25) is 0 Å². The van der Waals surface area contributed by atoms with Gasteiger partial charge in [-0.2, -0.15) is 0 Å². The molecule has 0 fully saturated rings. The Morgan fingerprint density at radius 2 is 1.70 bits per heavy atom. The molecule has 23 heavy (non-hydrogen) atoms. The van der Waals surface area contributed by atoms with Crippen molar-refractivity contribution >= 4 is 36.3 Å². The predicted molar refractivity (Wildman–Crippen MR) is 105 cm³/mol. The number of aliphatic imine (C=N–C) groups is 1. The largest absolute Gasteiger partial charge is 0.255 e. The summed E-state index contributed by atoms with van der Waals surface area (Å²) in [5.41, 5.74) is 4.36. The van der Waals surface area contributed by atoms with Gasteiger partial charge in [-0.05, 0) is 47.2 Å². The first-order chi connectivity index (χ1) is 11.3. The second-order valence-corrected chi connectivity index (χ2v) is 6.40. The summed E-state index contributed by atoms with van der Waals surface area (Å²) in [6.45, 7) is 0. The summed E-state index contributed by atoms with van der Waals surface area (Å²) in [6.07, 6.45) is 3.98. The highest BCUT2D eigenvalue weighted by Crippen LogP contribution is 2.28. The summed E-state index contributed by atoms with van der Waals surface area (Å²) in [6, 6.07) is 24.7.